The summed E-state index contributed by atoms with van der Waals surface area (Å²) in [5, 5.41) is 22.8. The number of carbonyl (C=O) groups excluding carboxylic acids is 2. The molecule has 0 aliphatic heterocycles. The molecule has 0 radical (unpaired) electrons. The molecule has 0 aromatic rings. The zero-order valence-electron chi connectivity index (χ0n) is 32.0. The molecule has 0 aliphatic rings. The van der Waals surface area contributed by atoms with Gasteiger partial charge in [0, 0.05) is 12.8 Å². The van der Waals surface area contributed by atoms with Crippen LogP contribution in [0, 0.1) is 0 Å². The minimum atomic E-state index is -0.857. The molecular weight excluding hydrogens is 598 g/mol. The van der Waals surface area contributed by atoms with Crippen LogP contribution in [0.15, 0.2) is 12.2 Å². The zero-order chi connectivity index (χ0) is 35.2. The first kappa shape index (κ1) is 46.6. The molecule has 0 saturated heterocycles. The minimum Gasteiger partial charge on any atom is -0.466 e. The highest BCUT2D eigenvalue weighted by Gasteiger charge is 2.18. The van der Waals surface area contributed by atoms with Crippen LogP contribution in [-0.4, -0.2) is 47.4 Å². The second kappa shape index (κ2) is 38.4. The molecule has 6 heteroatoms. The van der Waals surface area contributed by atoms with E-state index in [-0.39, 0.29) is 18.5 Å². The number of unbranched alkanes of at least 4 members (excludes halogenated alkanes) is 27. The number of ether oxygens (including phenoxy) is 1. The third-order valence-corrected chi connectivity index (χ3v) is 9.56. The lowest BCUT2D eigenvalue weighted by Gasteiger charge is -2.20. The summed E-state index contributed by atoms with van der Waals surface area (Å²) >= 11 is 0. The first-order chi connectivity index (χ1) is 23.5. The molecule has 0 saturated carbocycles. The highest BCUT2D eigenvalue weighted by Crippen LogP contribution is 2.14. The summed E-state index contributed by atoms with van der Waals surface area (Å²) in [6, 6.07) is -0.643. The Morgan fingerprint density at radius 2 is 0.958 bits per heavy atom. The van der Waals surface area contributed by atoms with Crippen molar-refractivity contribution in [2.45, 2.75) is 231 Å². The Morgan fingerprint density at radius 1 is 0.562 bits per heavy atom. The first-order valence-electron chi connectivity index (χ1n) is 21.0. The number of hydrogen-bond donors (Lipinski definition) is 3. The number of carbonyl (C=O) groups is 2. The Balaban J connectivity index is 3.53. The molecule has 2 atom stereocenters. The predicted octanol–water partition coefficient (Wildman–Crippen LogP) is 11.4. The molecule has 1 amide bonds. The minimum absolute atomic E-state index is 0.0278. The summed E-state index contributed by atoms with van der Waals surface area (Å²) in [4.78, 5) is 24.3. The number of nitrogens with one attached hydrogen (secondary N) is 1. The van der Waals surface area contributed by atoms with Crippen molar-refractivity contribution in [3.05, 3.63) is 12.2 Å². The molecule has 0 heterocycles. The van der Waals surface area contributed by atoms with E-state index in [1.807, 2.05) is 6.08 Å². The van der Waals surface area contributed by atoms with Crippen LogP contribution in [0.2, 0.25) is 0 Å². The van der Waals surface area contributed by atoms with Crippen LogP contribution in [0.5, 0.6) is 0 Å². The average Bonchev–Trinajstić information content (AvgIpc) is 3.08. The Hall–Kier alpha value is -1.40. The van der Waals surface area contributed by atoms with Gasteiger partial charge >= 0.3 is 5.97 Å². The summed E-state index contributed by atoms with van der Waals surface area (Å²) in [6.45, 7) is 4.80. The van der Waals surface area contributed by atoms with Crippen molar-refractivity contribution in [1.29, 1.82) is 0 Å². The van der Waals surface area contributed by atoms with Crippen molar-refractivity contribution in [2.24, 2.45) is 0 Å². The third-order valence-electron chi connectivity index (χ3n) is 9.56. The molecule has 0 spiro atoms. The second-order valence-electron chi connectivity index (χ2n) is 14.3. The van der Waals surface area contributed by atoms with Gasteiger partial charge in [-0.3, -0.25) is 9.59 Å². The highest BCUT2D eigenvalue weighted by molar-refractivity contribution is 5.76. The summed E-state index contributed by atoms with van der Waals surface area (Å²) in [7, 11) is 0. The van der Waals surface area contributed by atoms with E-state index >= 15 is 0 Å². The number of aliphatic hydroxyl groups is 2. The van der Waals surface area contributed by atoms with E-state index in [0.717, 1.165) is 57.8 Å². The van der Waals surface area contributed by atoms with E-state index in [1.165, 1.54) is 135 Å². The van der Waals surface area contributed by atoms with Crippen LogP contribution in [0.4, 0.5) is 0 Å². The van der Waals surface area contributed by atoms with Crippen molar-refractivity contribution < 1.29 is 24.5 Å². The number of aliphatic hydroxyl groups excluding tert-OH is 2. The molecule has 284 valence electrons. The molecule has 0 fully saturated rings. The fourth-order valence-electron chi connectivity index (χ4n) is 6.28. The van der Waals surface area contributed by atoms with Crippen LogP contribution in [-0.2, 0) is 14.3 Å². The van der Waals surface area contributed by atoms with Crippen LogP contribution in [0.25, 0.3) is 0 Å². The lowest BCUT2D eigenvalue weighted by atomic mass is 10.0. The van der Waals surface area contributed by atoms with Crippen molar-refractivity contribution in [3.8, 4) is 0 Å². The molecule has 0 aromatic carbocycles. The van der Waals surface area contributed by atoms with Gasteiger partial charge in [-0.25, -0.2) is 0 Å². The van der Waals surface area contributed by atoms with Crippen molar-refractivity contribution in [2.75, 3.05) is 13.2 Å². The molecular formula is C42H81NO5. The van der Waals surface area contributed by atoms with Crippen molar-refractivity contribution >= 4 is 11.9 Å². The quantitative estimate of drug-likeness (QED) is 0.0343. The Morgan fingerprint density at radius 3 is 1.42 bits per heavy atom. The summed E-state index contributed by atoms with van der Waals surface area (Å²) in [5.41, 5.74) is 0. The molecule has 6 nitrogen and oxygen atoms in total. The maximum Gasteiger partial charge on any atom is 0.305 e. The van der Waals surface area contributed by atoms with Gasteiger partial charge in [0.15, 0.2) is 0 Å². The van der Waals surface area contributed by atoms with Gasteiger partial charge in [0.25, 0.3) is 0 Å². The van der Waals surface area contributed by atoms with Gasteiger partial charge in [-0.2, -0.15) is 0 Å². The Labute approximate surface area is 298 Å². The summed E-state index contributed by atoms with van der Waals surface area (Å²) in [5.74, 6) is -0.126. The molecule has 3 N–H and O–H groups in total. The molecule has 0 rings (SSSR count). The predicted molar refractivity (Wildman–Crippen MR) is 204 cm³/mol. The largest absolute Gasteiger partial charge is 0.466 e. The molecule has 0 bridgehead atoms. The lowest BCUT2D eigenvalue weighted by Crippen LogP contribution is -2.45. The van der Waals surface area contributed by atoms with Gasteiger partial charge in [-0.05, 0) is 32.1 Å². The smallest absolute Gasteiger partial charge is 0.305 e. The Kier molecular flexibility index (Phi) is 37.3. The first-order valence-corrected chi connectivity index (χ1v) is 21.0. The van der Waals surface area contributed by atoms with E-state index < -0.39 is 12.1 Å². The standard InChI is InChI=1S/C42H81NO5/c1-3-5-7-9-11-13-15-16-20-24-28-32-36-42(47)48-37-33-29-25-21-17-19-23-27-31-35-41(46)43-39(38-44)40(45)34-30-26-22-18-14-12-10-8-6-4-2/h30,34,39-40,44-45H,3-29,31-33,35-38H2,1-2H3,(H,43,46)/b34-30+. The van der Waals surface area contributed by atoms with Gasteiger partial charge in [0.05, 0.1) is 25.4 Å². The molecule has 2 unspecified atom stereocenters. The van der Waals surface area contributed by atoms with Crippen LogP contribution < -0.4 is 5.32 Å². The summed E-state index contributed by atoms with van der Waals surface area (Å²) < 4.78 is 5.42. The second-order valence-corrected chi connectivity index (χ2v) is 14.3. The molecule has 0 aliphatic carbocycles. The summed E-state index contributed by atoms with van der Waals surface area (Å²) in [6.07, 6.45) is 40.4. The Bertz CT molecular complexity index is 712. The van der Waals surface area contributed by atoms with Gasteiger partial charge in [-0.15, -0.1) is 0 Å². The van der Waals surface area contributed by atoms with Crippen LogP contribution >= 0.6 is 0 Å². The maximum absolute atomic E-state index is 12.3. The highest BCUT2D eigenvalue weighted by atomic mass is 16.5. The molecule has 48 heavy (non-hydrogen) atoms. The van der Waals surface area contributed by atoms with Gasteiger partial charge in [-0.1, -0.05) is 187 Å². The van der Waals surface area contributed by atoms with E-state index in [1.54, 1.807) is 6.08 Å². The third kappa shape index (κ3) is 34.5. The van der Waals surface area contributed by atoms with E-state index in [9.17, 15) is 19.8 Å². The van der Waals surface area contributed by atoms with E-state index in [2.05, 4.69) is 19.2 Å². The fourth-order valence-corrected chi connectivity index (χ4v) is 6.28. The number of amides is 1. The van der Waals surface area contributed by atoms with Gasteiger partial charge < -0.3 is 20.3 Å². The van der Waals surface area contributed by atoms with E-state index in [0.29, 0.717) is 19.4 Å². The number of rotatable bonds is 38. The SMILES string of the molecule is CCCCCCCCCC/C=C/C(O)C(CO)NC(=O)CCCCCCCCCCCOC(=O)CCCCCCCCCCCCCC. The number of hydrogen-bond acceptors (Lipinski definition) is 5. The van der Waals surface area contributed by atoms with Crippen molar-refractivity contribution in [1.82, 2.24) is 5.32 Å². The average molecular weight is 680 g/mol. The number of esters is 1. The van der Waals surface area contributed by atoms with E-state index in [4.69, 9.17) is 4.74 Å². The maximum atomic E-state index is 12.3. The van der Waals surface area contributed by atoms with Crippen molar-refractivity contribution in [3.63, 3.8) is 0 Å². The number of allylic oxidation sites excluding steroid dienone is 1. The molecule has 0 aromatic heterocycles. The van der Waals surface area contributed by atoms with Crippen LogP contribution in [0.3, 0.4) is 0 Å². The van der Waals surface area contributed by atoms with Gasteiger partial charge in [0.2, 0.25) is 5.91 Å². The fraction of sp³-hybridized carbons (Fsp3) is 0.905. The monoisotopic (exact) mass is 680 g/mol. The lowest BCUT2D eigenvalue weighted by molar-refractivity contribution is -0.143. The van der Waals surface area contributed by atoms with Gasteiger partial charge in [0.1, 0.15) is 0 Å². The zero-order valence-corrected chi connectivity index (χ0v) is 32.0. The van der Waals surface area contributed by atoms with Crippen LogP contribution in [0.1, 0.15) is 219 Å². The topological polar surface area (TPSA) is 95.9 Å². The normalized spacial score (nSPS) is 12.8.